The van der Waals surface area contributed by atoms with E-state index in [9.17, 15) is 0 Å². The fourth-order valence-corrected chi connectivity index (χ4v) is 1.96. The maximum Gasteiger partial charge on any atom is 0.0762 e. The Bertz CT molecular complexity index is 574. The molecule has 5 heteroatoms. The molecule has 1 unspecified atom stereocenters. The first-order chi connectivity index (χ1) is 9.95. The van der Waals surface area contributed by atoms with Crippen LogP contribution in [0.15, 0.2) is 42.5 Å². The zero-order chi connectivity index (χ0) is 15.8. The summed E-state index contributed by atoms with van der Waals surface area (Å²) in [7, 11) is 1.91. The number of halogens is 2. The van der Waals surface area contributed by atoms with Crippen molar-refractivity contribution in [3.05, 3.63) is 63.6 Å². The first-order valence-corrected chi connectivity index (χ1v) is 7.32. The summed E-state index contributed by atoms with van der Waals surface area (Å²) in [6.45, 7) is 2.52. The Labute approximate surface area is 135 Å². The van der Waals surface area contributed by atoms with Gasteiger partial charge in [0.25, 0.3) is 0 Å². The number of hydrogen-bond donors (Lipinski definition) is 3. The van der Waals surface area contributed by atoms with Crippen LogP contribution >= 0.6 is 23.2 Å². The number of para-hydroxylation sites is 1. The number of rotatable bonds is 3. The molecule has 0 saturated heterocycles. The van der Waals surface area contributed by atoms with Crippen LogP contribution < -0.4 is 11.1 Å². The van der Waals surface area contributed by atoms with Crippen LogP contribution in [0, 0.1) is 0 Å². The predicted octanol–water partition coefficient (Wildman–Crippen LogP) is 4.03. The lowest BCUT2D eigenvalue weighted by Crippen LogP contribution is -2.06. The minimum Gasteiger partial charge on any atom is -0.398 e. The van der Waals surface area contributed by atoms with E-state index in [0.717, 1.165) is 23.4 Å². The van der Waals surface area contributed by atoms with Gasteiger partial charge in [0.2, 0.25) is 0 Å². The average molecular weight is 327 g/mol. The van der Waals surface area contributed by atoms with Crippen molar-refractivity contribution in [2.45, 2.75) is 19.6 Å². The van der Waals surface area contributed by atoms with Crippen molar-refractivity contribution < 1.29 is 5.11 Å². The third kappa shape index (κ3) is 5.94. The Morgan fingerprint density at radius 3 is 2.33 bits per heavy atom. The van der Waals surface area contributed by atoms with E-state index in [4.69, 9.17) is 34.0 Å². The zero-order valence-electron chi connectivity index (χ0n) is 12.1. The molecular formula is C16H20Cl2N2O. The minimum absolute atomic E-state index is 0.477. The highest BCUT2D eigenvalue weighted by Crippen LogP contribution is 2.25. The Balaban J connectivity index is 0.000000211. The molecule has 0 aliphatic carbocycles. The maximum absolute atomic E-state index is 9.14. The van der Waals surface area contributed by atoms with Gasteiger partial charge in [-0.1, -0.05) is 47.5 Å². The summed E-state index contributed by atoms with van der Waals surface area (Å²) in [5, 5.41) is 13.2. The molecule has 21 heavy (non-hydrogen) atoms. The molecule has 0 amide bonds. The van der Waals surface area contributed by atoms with Gasteiger partial charge in [-0.05, 0) is 43.3 Å². The number of hydrogen-bond acceptors (Lipinski definition) is 3. The van der Waals surface area contributed by atoms with Crippen molar-refractivity contribution in [1.29, 1.82) is 0 Å². The monoisotopic (exact) mass is 326 g/mol. The van der Waals surface area contributed by atoms with Gasteiger partial charge in [-0.25, -0.2) is 0 Å². The fraction of sp³-hybridized carbons (Fsp3) is 0.250. The van der Waals surface area contributed by atoms with Gasteiger partial charge in [0.15, 0.2) is 0 Å². The van der Waals surface area contributed by atoms with E-state index >= 15 is 0 Å². The van der Waals surface area contributed by atoms with E-state index in [1.54, 1.807) is 25.1 Å². The molecule has 2 aromatic carbocycles. The van der Waals surface area contributed by atoms with Crippen molar-refractivity contribution in [3.8, 4) is 0 Å². The van der Waals surface area contributed by atoms with Crippen LogP contribution in [0.5, 0.6) is 0 Å². The van der Waals surface area contributed by atoms with Crippen molar-refractivity contribution in [2.75, 3.05) is 12.8 Å². The molecule has 0 aliphatic rings. The second kappa shape index (κ2) is 8.90. The number of benzene rings is 2. The van der Waals surface area contributed by atoms with Crippen LogP contribution in [0.4, 0.5) is 5.69 Å². The molecule has 0 bridgehead atoms. The summed E-state index contributed by atoms with van der Waals surface area (Å²) in [4.78, 5) is 0. The minimum atomic E-state index is -0.496. The molecular weight excluding hydrogens is 307 g/mol. The number of nitrogens with one attached hydrogen (secondary N) is 1. The number of nitrogen functional groups attached to an aromatic ring is 1. The van der Waals surface area contributed by atoms with E-state index < -0.39 is 6.10 Å². The average Bonchev–Trinajstić information content (AvgIpc) is 2.45. The van der Waals surface area contributed by atoms with Crippen LogP contribution in [0.3, 0.4) is 0 Å². The summed E-state index contributed by atoms with van der Waals surface area (Å²) in [6, 6.07) is 12.9. The number of nitrogens with two attached hydrogens (primary N) is 1. The van der Waals surface area contributed by atoms with E-state index in [-0.39, 0.29) is 0 Å². The van der Waals surface area contributed by atoms with Crippen LogP contribution in [-0.4, -0.2) is 12.2 Å². The third-order valence-corrected chi connectivity index (χ3v) is 3.59. The lowest BCUT2D eigenvalue weighted by Gasteiger charge is -2.04. The molecule has 2 rings (SSSR count). The van der Waals surface area contributed by atoms with Crippen LogP contribution in [0.25, 0.3) is 0 Å². The molecule has 0 fully saturated rings. The van der Waals surface area contributed by atoms with E-state index in [1.165, 1.54) is 0 Å². The van der Waals surface area contributed by atoms with Gasteiger partial charge in [0.05, 0.1) is 16.1 Å². The van der Waals surface area contributed by atoms with Crippen molar-refractivity contribution in [2.24, 2.45) is 0 Å². The number of aliphatic hydroxyl groups excluding tert-OH is 1. The van der Waals surface area contributed by atoms with Gasteiger partial charge in [-0.2, -0.15) is 0 Å². The van der Waals surface area contributed by atoms with Gasteiger partial charge in [-0.3, -0.25) is 0 Å². The maximum atomic E-state index is 9.14. The van der Waals surface area contributed by atoms with E-state index in [0.29, 0.717) is 10.0 Å². The highest BCUT2D eigenvalue weighted by Gasteiger charge is 2.03. The summed E-state index contributed by atoms with van der Waals surface area (Å²) >= 11 is 11.4. The fourth-order valence-electron chi connectivity index (χ4n) is 1.66. The number of aliphatic hydroxyl groups is 1. The summed E-state index contributed by atoms with van der Waals surface area (Å²) < 4.78 is 0. The lowest BCUT2D eigenvalue weighted by molar-refractivity contribution is 0.199. The Hall–Kier alpha value is -1.26. The molecule has 1 atom stereocenters. The standard InChI is InChI=1S/C8H8Cl2O.C8H12N2/c1-5(11)6-2-3-7(9)8(10)4-6;1-10-6-7-4-2-3-5-8(7)9/h2-5,11H,1H3;2-5,10H,6,9H2,1H3. The van der Waals surface area contributed by atoms with E-state index in [1.807, 2.05) is 31.3 Å². The normalized spacial score (nSPS) is 11.5. The molecule has 0 radical (unpaired) electrons. The van der Waals surface area contributed by atoms with Gasteiger partial charge >= 0.3 is 0 Å². The molecule has 2 aromatic rings. The van der Waals surface area contributed by atoms with Crippen LogP contribution in [-0.2, 0) is 6.54 Å². The summed E-state index contributed by atoms with van der Waals surface area (Å²) in [5.74, 6) is 0. The highest BCUT2D eigenvalue weighted by molar-refractivity contribution is 6.42. The van der Waals surface area contributed by atoms with Gasteiger partial charge in [-0.15, -0.1) is 0 Å². The molecule has 0 spiro atoms. The number of anilines is 1. The Morgan fingerprint density at radius 2 is 1.81 bits per heavy atom. The van der Waals surface area contributed by atoms with Crippen molar-refractivity contribution in [3.63, 3.8) is 0 Å². The lowest BCUT2D eigenvalue weighted by atomic mass is 10.1. The first kappa shape index (κ1) is 17.8. The third-order valence-electron chi connectivity index (χ3n) is 2.85. The smallest absolute Gasteiger partial charge is 0.0762 e. The largest absolute Gasteiger partial charge is 0.398 e. The second-order valence-corrected chi connectivity index (χ2v) is 5.39. The SMILES string of the molecule is CC(O)c1ccc(Cl)c(Cl)c1.CNCc1ccccc1N. The molecule has 114 valence electrons. The molecule has 0 aromatic heterocycles. The molecule has 3 nitrogen and oxygen atoms in total. The first-order valence-electron chi connectivity index (χ1n) is 6.56. The molecule has 0 saturated carbocycles. The Kier molecular flexibility index (Phi) is 7.54. The molecule has 4 N–H and O–H groups in total. The van der Waals surface area contributed by atoms with Crippen molar-refractivity contribution >= 4 is 28.9 Å². The van der Waals surface area contributed by atoms with Crippen LogP contribution in [0.1, 0.15) is 24.2 Å². The summed E-state index contributed by atoms with van der Waals surface area (Å²) in [6.07, 6.45) is -0.496. The predicted molar refractivity (Wildman–Crippen MR) is 90.7 cm³/mol. The van der Waals surface area contributed by atoms with Crippen molar-refractivity contribution in [1.82, 2.24) is 5.32 Å². The Morgan fingerprint density at radius 1 is 1.14 bits per heavy atom. The summed E-state index contributed by atoms with van der Waals surface area (Å²) in [5.41, 5.74) is 8.46. The van der Waals surface area contributed by atoms with E-state index in [2.05, 4.69) is 5.32 Å². The van der Waals surface area contributed by atoms with Gasteiger partial charge in [0, 0.05) is 12.2 Å². The second-order valence-electron chi connectivity index (χ2n) is 4.58. The molecule has 0 heterocycles. The van der Waals surface area contributed by atoms with Crippen LogP contribution in [0.2, 0.25) is 10.0 Å². The van der Waals surface area contributed by atoms with Gasteiger partial charge in [0.1, 0.15) is 0 Å². The topological polar surface area (TPSA) is 58.3 Å². The quantitative estimate of drug-likeness (QED) is 0.746. The zero-order valence-corrected chi connectivity index (χ0v) is 13.6. The molecule has 0 aliphatic heterocycles. The highest BCUT2D eigenvalue weighted by atomic mass is 35.5. The van der Waals surface area contributed by atoms with Gasteiger partial charge < -0.3 is 16.2 Å².